The van der Waals surface area contributed by atoms with Gasteiger partial charge in [-0.2, -0.15) is 4.31 Å². The van der Waals surface area contributed by atoms with Crippen LogP contribution in [0.25, 0.3) is 0 Å². The highest BCUT2D eigenvalue weighted by Crippen LogP contribution is 2.25. The number of hydrogen-bond acceptors (Lipinski definition) is 3. The molecule has 2 rings (SSSR count). The van der Waals surface area contributed by atoms with Crippen LogP contribution in [0.4, 0.5) is 0 Å². The molecule has 1 saturated heterocycles. The lowest BCUT2D eigenvalue weighted by Crippen LogP contribution is -2.50. The maximum absolute atomic E-state index is 12.8. The standard InChI is InChI=1S/C15H22N2O3S/c1-11-9-12(2)15(13(3)10-11)21(19,20)17-7-5-16(6-8-17)14(4)18/h9-10H,5-8H2,1-4H3. The minimum Gasteiger partial charge on any atom is -0.340 e. The number of nitrogens with zero attached hydrogens (tertiary/aromatic N) is 2. The molecule has 0 aliphatic carbocycles. The van der Waals surface area contributed by atoms with Gasteiger partial charge in [-0.3, -0.25) is 4.79 Å². The molecule has 1 amide bonds. The highest BCUT2D eigenvalue weighted by atomic mass is 32.2. The highest BCUT2D eigenvalue weighted by Gasteiger charge is 2.31. The third-order valence-electron chi connectivity index (χ3n) is 3.89. The Morgan fingerprint density at radius 3 is 1.90 bits per heavy atom. The van der Waals surface area contributed by atoms with E-state index in [4.69, 9.17) is 0 Å². The van der Waals surface area contributed by atoms with E-state index < -0.39 is 10.0 Å². The van der Waals surface area contributed by atoms with Crippen LogP contribution in [0.3, 0.4) is 0 Å². The van der Waals surface area contributed by atoms with Crippen molar-refractivity contribution < 1.29 is 13.2 Å². The smallest absolute Gasteiger partial charge is 0.243 e. The van der Waals surface area contributed by atoms with Crippen LogP contribution in [0.1, 0.15) is 23.6 Å². The number of piperazine rings is 1. The van der Waals surface area contributed by atoms with Gasteiger partial charge in [0.1, 0.15) is 0 Å². The zero-order chi connectivity index (χ0) is 15.8. The second-order valence-corrected chi connectivity index (χ2v) is 7.51. The molecule has 0 bridgehead atoms. The van der Waals surface area contributed by atoms with E-state index in [-0.39, 0.29) is 5.91 Å². The predicted octanol–water partition coefficient (Wildman–Crippen LogP) is 1.46. The molecular weight excluding hydrogens is 288 g/mol. The van der Waals surface area contributed by atoms with E-state index in [0.29, 0.717) is 31.1 Å². The molecule has 1 aliphatic rings. The van der Waals surface area contributed by atoms with Gasteiger partial charge < -0.3 is 4.90 Å². The Morgan fingerprint density at radius 2 is 1.48 bits per heavy atom. The maximum atomic E-state index is 12.8. The number of rotatable bonds is 2. The molecule has 21 heavy (non-hydrogen) atoms. The number of sulfonamides is 1. The molecule has 0 unspecified atom stereocenters. The molecule has 1 fully saturated rings. The van der Waals surface area contributed by atoms with Crippen LogP contribution in [-0.4, -0.2) is 49.7 Å². The van der Waals surface area contributed by atoms with Gasteiger partial charge in [-0.05, 0) is 31.9 Å². The summed E-state index contributed by atoms with van der Waals surface area (Å²) in [7, 11) is -3.49. The van der Waals surface area contributed by atoms with Gasteiger partial charge in [0, 0.05) is 33.1 Å². The molecule has 5 nitrogen and oxygen atoms in total. The molecule has 1 aromatic carbocycles. The number of benzene rings is 1. The number of carbonyl (C=O) groups is 1. The quantitative estimate of drug-likeness (QED) is 0.831. The average molecular weight is 310 g/mol. The third-order valence-corrected chi connectivity index (χ3v) is 6.09. The fourth-order valence-electron chi connectivity index (χ4n) is 2.95. The first-order chi connectivity index (χ1) is 9.73. The molecule has 0 N–H and O–H groups in total. The van der Waals surface area contributed by atoms with Crippen molar-refractivity contribution in [1.82, 2.24) is 9.21 Å². The number of hydrogen-bond donors (Lipinski definition) is 0. The summed E-state index contributed by atoms with van der Waals surface area (Å²) in [5, 5.41) is 0. The maximum Gasteiger partial charge on any atom is 0.243 e. The molecule has 1 aromatic rings. The zero-order valence-electron chi connectivity index (χ0n) is 13.0. The summed E-state index contributed by atoms with van der Waals surface area (Å²) in [5.74, 6) is -0.00487. The minimum atomic E-state index is -3.49. The summed E-state index contributed by atoms with van der Waals surface area (Å²) < 4.78 is 27.2. The second kappa shape index (κ2) is 5.77. The van der Waals surface area contributed by atoms with Crippen molar-refractivity contribution in [3.63, 3.8) is 0 Å². The lowest BCUT2D eigenvalue weighted by Gasteiger charge is -2.34. The summed E-state index contributed by atoms with van der Waals surface area (Å²) >= 11 is 0. The molecule has 6 heteroatoms. The van der Waals surface area contributed by atoms with Crippen LogP contribution in [0.2, 0.25) is 0 Å². The van der Waals surface area contributed by atoms with E-state index in [0.717, 1.165) is 16.7 Å². The van der Waals surface area contributed by atoms with Gasteiger partial charge in [0.2, 0.25) is 15.9 Å². The van der Waals surface area contributed by atoms with Gasteiger partial charge in [0.25, 0.3) is 0 Å². The molecule has 1 aliphatic heterocycles. The lowest BCUT2D eigenvalue weighted by molar-refractivity contribution is -0.129. The van der Waals surface area contributed by atoms with Crippen molar-refractivity contribution in [1.29, 1.82) is 0 Å². The Labute approximate surface area is 126 Å². The fraction of sp³-hybridized carbons (Fsp3) is 0.533. The molecule has 0 radical (unpaired) electrons. The summed E-state index contributed by atoms with van der Waals surface area (Å²) in [4.78, 5) is 13.4. The van der Waals surface area contributed by atoms with Crippen molar-refractivity contribution in [2.75, 3.05) is 26.2 Å². The zero-order valence-corrected chi connectivity index (χ0v) is 13.8. The van der Waals surface area contributed by atoms with Crippen LogP contribution in [0.15, 0.2) is 17.0 Å². The summed E-state index contributed by atoms with van der Waals surface area (Å²) in [6.45, 7) is 8.76. The molecule has 116 valence electrons. The van der Waals surface area contributed by atoms with Gasteiger partial charge >= 0.3 is 0 Å². The first kappa shape index (κ1) is 16.0. The average Bonchev–Trinajstić information content (AvgIpc) is 2.37. The highest BCUT2D eigenvalue weighted by molar-refractivity contribution is 7.89. The van der Waals surface area contributed by atoms with Crippen molar-refractivity contribution in [3.8, 4) is 0 Å². The van der Waals surface area contributed by atoms with Crippen LogP contribution in [-0.2, 0) is 14.8 Å². The van der Waals surface area contributed by atoms with Crippen LogP contribution in [0, 0.1) is 20.8 Å². The Hall–Kier alpha value is -1.40. The number of aryl methyl sites for hydroxylation is 3. The van der Waals surface area contributed by atoms with Crippen LogP contribution in [0.5, 0.6) is 0 Å². The fourth-order valence-corrected chi connectivity index (χ4v) is 4.78. The molecular formula is C15H22N2O3S. The van der Waals surface area contributed by atoms with Gasteiger partial charge in [-0.1, -0.05) is 17.7 Å². The van der Waals surface area contributed by atoms with Gasteiger partial charge in [-0.15, -0.1) is 0 Å². The van der Waals surface area contributed by atoms with E-state index in [9.17, 15) is 13.2 Å². The van der Waals surface area contributed by atoms with Crippen LogP contribution < -0.4 is 0 Å². The molecule has 0 atom stereocenters. The SMILES string of the molecule is CC(=O)N1CCN(S(=O)(=O)c2c(C)cc(C)cc2C)CC1. The van der Waals surface area contributed by atoms with Gasteiger partial charge in [0.15, 0.2) is 0 Å². The van der Waals surface area contributed by atoms with E-state index in [1.807, 2.05) is 32.9 Å². The van der Waals surface area contributed by atoms with E-state index in [2.05, 4.69) is 0 Å². The number of carbonyl (C=O) groups excluding carboxylic acids is 1. The normalized spacial score (nSPS) is 17.0. The minimum absolute atomic E-state index is 0.00487. The van der Waals surface area contributed by atoms with Crippen molar-refractivity contribution in [2.45, 2.75) is 32.6 Å². The second-order valence-electron chi connectivity index (χ2n) is 5.64. The topological polar surface area (TPSA) is 57.7 Å². The van der Waals surface area contributed by atoms with E-state index in [1.165, 1.54) is 11.2 Å². The van der Waals surface area contributed by atoms with Gasteiger partial charge in [-0.25, -0.2) is 8.42 Å². The van der Waals surface area contributed by atoms with Crippen molar-refractivity contribution >= 4 is 15.9 Å². The Balaban J connectivity index is 2.30. The Kier molecular flexibility index (Phi) is 4.39. The molecule has 0 aromatic heterocycles. The molecule has 0 spiro atoms. The summed E-state index contributed by atoms with van der Waals surface area (Å²) in [5.41, 5.74) is 2.62. The van der Waals surface area contributed by atoms with Crippen molar-refractivity contribution in [2.24, 2.45) is 0 Å². The third kappa shape index (κ3) is 3.11. The molecule has 1 heterocycles. The summed E-state index contributed by atoms with van der Waals surface area (Å²) in [6, 6.07) is 3.79. The number of amides is 1. The Bertz CT molecular complexity index is 636. The van der Waals surface area contributed by atoms with Crippen molar-refractivity contribution in [3.05, 3.63) is 28.8 Å². The lowest BCUT2D eigenvalue weighted by atomic mass is 10.1. The summed E-state index contributed by atoms with van der Waals surface area (Å²) in [6.07, 6.45) is 0. The Morgan fingerprint density at radius 1 is 1.00 bits per heavy atom. The van der Waals surface area contributed by atoms with E-state index in [1.54, 1.807) is 4.90 Å². The van der Waals surface area contributed by atoms with Gasteiger partial charge in [0.05, 0.1) is 4.90 Å². The monoisotopic (exact) mass is 310 g/mol. The largest absolute Gasteiger partial charge is 0.340 e. The van der Waals surface area contributed by atoms with E-state index >= 15 is 0 Å². The predicted molar refractivity (Wildman–Crippen MR) is 81.7 cm³/mol. The van der Waals surface area contributed by atoms with Crippen LogP contribution >= 0.6 is 0 Å². The first-order valence-electron chi connectivity index (χ1n) is 7.07. The molecule has 0 saturated carbocycles. The first-order valence-corrected chi connectivity index (χ1v) is 8.51.